The van der Waals surface area contributed by atoms with Crippen molar-refractivity contribution in [2.24, 2.45) is 0 Å². The van der Waals surface area contributed by atoms with Crippen molar-refractivity contribution in [3.05, 3.63) is 112 Å². The van der Waals surface area contributed by atoms with Gasteiger partial charge in [-0.1, -0.05) is 42.5 Å². The van der Waals surface area contributed by atoms with Gasteiger partial charge in [-0.15, -0.1) is 0 Å². The van der Waals surface area contributed by atoms with E-state index in [2.05, 4.69) is 17.1 Å². The van der Waals surface area contributed by atoms with Gasteiger partial charge in [0.1, 0.15) is 11.5 Å². The molecule has 0 spiro atoms. The van der Waals surface area contributed by atoms with E-state index in [1.165, 1.54) is 0 Å². The summed E-state index contributed by atoms with van der Waals surface area (Å²) in [6.45, 7) is 1.98. The standard InChI is InChI=1S/C25H22N4O2/c1-16-19(10-5-11-20(16)26)23-15-29-24(21(27-23)13-17-7-3-2-4-8-17)28-22(25(29)30)14-18-9-6-12-31-18/h2-12,15,27H,13-14,26H2,1H3. The topological polar surface area (TPSA) is 89.8 Å². The first-order valence-corrected chi connectivity index (χ1v) is 10.1. The quantitative estimate of drug-likeness (QED) is 0.422. The molecule has 3 heterocycles. The maximum atomic E-state index is 13.2. The van der Waals surface area contributed by atoms with Gasteiger partial charge in [-0.2, -0.15) is 0 Å². The van der Waals surface area contributed by atoms with Crippen molar-refractivity contribution in [3.8, 4) is 17.1 Å². The van der Waals surface area contributed by atoms with Crippen molar-refractivity contribution in [2.45, 2.75) is 19.8 Å². The Labute approximate surface area is 179 Å². The third-order valence-corrected chi connectivity index (χ3v) is 5.56. The number of imidazole rings is 1. The average molecular weight is 410 g/mol. The molecule has 2 aliphatic rings. The maximum absolute atomic E-state index is 13.2. The van der Waals surface area contributed by atoms with Crippen molar-refractivity contribution in [1.82, 2.24) is 14.5 Å². The fourth-order valence-electron chi connectivity index (χ4n) is 3.88. The second-order valence-corrected chi connectivity index (χ2v) is 7.64. The number of hydrogen-bond acceptors (Lipinski definition) is 4. The number of benzene rings is 2. The number of hydrogen-bond donors (Lipinski definition) is 2. The zero-order valence-electron chi connectivity index (χ0n) is 17.1. The van der Waals surface area contributed by atoms with Crippen molar-refractivity contribution in [1.29, 1.82) is 0 Å². The molecule has 2 aliphatic heterocycles. The number of nitrogens with zero attached hydrogens (tertiary/aromatic N) is 2. The van der Waals surface area contributed by atoms with Crippen LogP contribution in [-0.2, 0) is 12.8 Å². The molecule has 0 saturated heterocycles. The molecule has 5 rings (SSSR count). The molecule has 0 aliphatic carbocycles. The normalized spacial score (nSPS) is 11.3. The Hall–Kier alpha value is -4.06. The van der Waals surface area contributed by atoms with E-state index < -0.39 is 0 Å². The minimum absolute atomic E-state index is 0.141. The van der Waals surface area contributed by atoms with Crippen molar-refractivity contribution < 1.29 is 4.42 Å². The Bertz CT molecular complexity index is 1360. The van der Waals surface area contributed by atoms with Crippen LogP contribution in [0.4, 0.5) is 5.69 Å². The summed E-state index contributed by atoms with van der Waals surface area (Å²) in [5.41, 5.74) is 11.9. The Morgan fingerprint density at radius 3 is 2.65 bits per heavy atom. The first kappa shape index (κ1) is 18.9. The van der Waals surface area contributed by atoms with Gasteiger partial charge in [-0.25, -0.2) is 4.98 Å². The Morgan fingerprint density at radius 2 is 1.87 bits per heavy atom. The average Bonchev–Trinajstić information content (AvgIpc) is 3.40. The van der Waals surface area contributed by atoms with Crippen LogP contribution in [0.1, 0.15) is 28.3 Å². The van der Waals surface area contributed by atoms with E-state index in [1.54, 1.807) is 10.8 Å². The smallest absolute Gasteiger partial charge is 0.278 e. The first-order chi connectivity index (χ1) is 15.1. The molecule has 0 amide bonds. The molecule has 3 aromatic rings. The van der Waals surface area contributed by atoms with Crippen LogP contribution in [0.15, 0.2) is 82.3 Å². The monoisotopic (exact) mass is 410 g/mol. The summed E-state index contributed by atoms with van der Waals surface area (Å²) in [6.07, 6.45) is 4.39. The van der Waals surface area contributed by atoms with Gasteiger partial charge >= 0.3 is 0 Å². The highest BCUT2D eigenvalue weighted by molar-refractivity contribution is 5.70. The fraction of sp³-hybridized carbons (Fsp3) is 0.120. The molecule has 0 bridgehead atoms. The van der Waals surface area contributed by atoms with Crippen LogP contribution in [0.3, 0.4) is 0 Å². The van der Waals surface area contributed by atoms with Gasteiger partial charge in [0, 0.05) is 23.9 Å². The third kappa shape index (κ3) is 3.53. The number of rotatable bonds is 5. The van der Waals surface area contributed by atoms with Crippen molar-refractivity contribution >= 4 is 5.69 Å². The molecule has 0 fully saturated rings. The molecule has 0 saturated carbocycles. The highest BCUT2D eigenvalue weighted by atomic mass is 16.3. The number of furan rings is 1. The number of fused-ring (bicyclic) bond motifs is 1. The lowest BCUT2D eigenvalue weighted by atomic mass is 10.0. The van der Waals surface area contributed by atoms with Crippen molar-refractivity contribution in [3.63, 3.8) is 0 Å². The first-order valence-electron chi connectivity index (χ1n) is 10.1. The summed E-state index contributed by atoms with van der Waals surface area (Å²) >= 11 is 0. The van der Waals surface area contributed by atoms with Crippen LogP contribution in [0, 0.1) is 6.92 Å². The summed E-state index contributed by atoms with van der Waals surface area (Å²) in [5.74, 6) is 1.33. The van der Waals surface area contributed by atoms with E-state index in [0.29, 0.717) is 35.8 Å². The number of nitrogens with two attached hydrogens (primary N) is 1. The minimum atomic E-state index is -0.141. The Morgan fingerprint density at radius 1 is 1.03 bits per heavy atom. The van der Waals surface area contributed by atoms with E-state index in [1.807, 2.05) is 61.7 Å². The zero-order valence-corrected chi connectivity index (χ0v) is 17.1. The minimum Gasteiger partial charge on any atom is -0.469 e. The molecule has 0 radical (unpaired) electrons. The third-order valence-electron chi connectivity index (χ3n) is 5.56. The van der Waals surface area contributed by atoms with Gasteiger partial charge in [-0.05, 0) is 36.2 Å². The summed E-state index contributed by atoms with van der Waals surface area (Å²) < 4.78 is 7.06. The van der Waals surface area contributed by atoms with Crippen LogP contribution in [0.25, 0.3) is 17.1 Å². The second-order valence-electron chi connectivity index (χ2n) is 7.64. The van der Waals surface area contributed by atoms with E-state index in [4.69, 9.17) is 15.1 Å². The molecule has 6 nitrogen and oxygen atoms in total. The summed E-state index contributed by atoms with van der Waals surface area (Å²) in [4.78, 5) is 21.4. The number of anilines is 1. The highest BCUT2D eigenvalue weighted by Crippen LogP contribution is 2.28. The molecule has 0 atom stereocenters. The molecule has 2 aromatic carbocycles. The van der Waals surface area contributed by atoms with Crippen LogP contribution in [0.2, 0.25) is 0 Å². The largest absolute Gasteiger partial charge is 0.469 e. The van der Waals surface area contributed by atoms with E-state index in [0.717, 1.165) is 28.1 Å². The van der Waals surface area contributed by atoms with Gasteiger partial charge in [0.25, 0.3) is 5.56 Å². The highest BCUT2D eigenvalue weighted by Gasteiger charge is 2.21. The molecule has 3 N–H and O–H groups in total. The van der Waals surface area contributed by atoms with Crippen LogP contribution >= 0.6 is 0 Å². The van der Waals surface area contributed by atoms with Crippen LogP contribution < -0.4 is 11.3 Å². The Kier molecular flexibility index (Phi) is 4.67. The van der Waals surface area contributed by atoms with Gasteiger partial charge in [0.05, 0.1) is 24.1 Å². The predicted octanol–water partition coefficient (Wildman–Crippen LogP) is 4.33. The predicted molar refractivity (Wildman–Crippen MR) is 121 cm³/mol. The SMILES string of the molecule is Cc1c(N)cccc1-c1cn2c(=O)c(Cc3ccco3)nc-2c(Cc2ccccc2)[nH]1. The van der Waals surface area contributed by atoms with E-state index in [-0.39, 0.29) is 5.56 Å². The summed E-state index contributed by atoms with van der Waals surface area (Å²) in [6, 6.07) is 19.6. The van der Waals surface area contributed by atoms with Crippen molar-refractivity contribution in [2.75, 3.05) is 5.73 Å². The lowest BCUT2D eigenvalue weighted by molar-refractivity contribution is 0.519. The van der Waals surface area contributed by atoms with Gasteiger partial charge in [-0.3, -0.25) is 9.36 Å². The second kappa shape index (κ2) is 7.65. The van der Waals surface area contributed by atoms with Gasteiger partial charge in [0.15, 0.2) is 5.82 Å². The molecular formula is C25H22N4O2. The summed E-state index contributed by atoms with van der Waals surface area (Å²) in [5, 5.41) is 0. The lowest BCUT2D eigenvalue weighted by Gasteiger charge is -2.15. The Balaban J connectivity index is 1.69. The maximum Gasteiger partial charge on any atom is 0.278 e. The van der Waals surface area contributed by atoms with E-state index >= 15 is 0 Å². The molecular weight excluding hydrogens is 388 g/mol. The number of nitrogen functional groups attached to an aromatic ring is 1. The molecule has 0 unspecified atom stereocenters. The number of aromatic amines is 1. The molecule has 154 valence electrons. The fourth-order valence-corrected chi connectivity index (χ4v) is 3.88. The van der Waals surface area contributed by atoms with E-state index in [9.17, 15) is 4.79 Å². The number of aromatic nitrogens is 3. The summed E-state index contributed by atoms with van der Waals surface area (Å²) in [7, 11) is 0. The van der Waals surface area contributed by atoms with Crippen LogP contribution in [-0.4, -0.2) is 14.5 Å². The molecule has 31 heavy (non-hydrogen) atoms. The number of nitrogens with one attached hydrogen (secondary N) is 1. The van der Waals surface area contributed by atoms with Gasteiger partial charge in [0.2, 0.25) is 0 Å². The molecule has 6 heteroatoms. The zero-order chi connectivity index (χ0) is 21.4. The van der Waals surface area contributed by atoms with Crippen LogP contribution in [0.5, 0.6) is 0 Å². The number of H-pyrrole nitrogens is 1. The van der Waals surface area contributed by atoms with Gasteiger partial charge < -0.3 is 15.1 Å². The molecule has 1 aromatic heterocycles. The lowest BCUT2D eigenvalue weighted by Crippen LogP contribution is -2.18.